The van der Waals surface area contributed by atoms with E-state index in [9.17, 15) is 0 Å². The number of hydrogen-bond acceptors (Lipinski definition) is 1. The molecule has 0 radical (unpaired) electrons. The second-order valence-corrected chi connectivity index (χ2v) is 6.51. The van der Waals surface area contributed by atoms with Gasteiger partial charge < -0.3 is 4.74 Å². The summed E-state index contributed by atoms with van der Waals surface area (Å²) in [6.45, 7) is 2.13. The van der Waals surface area contributed by atoms with Crippen LogP contribution >= 0.6 is 0 Å². The predicted molar refractivity (Wildman–Crippen MR) is 92.5 cm³/mol. The van der Waals surface area contributed by atoms with Crippen LogP contribution in [0.15, 0.2) is 48.5 Å². The molecule has 0 bridgehead atoms. The molecular formula is C21H26O. The van der Waals surface area contributed by atoms with Gasteiger partial charge in [0.1, 0.15) is 5.75 Å². The summed E-state index contributed by atoms with van der Waals surface area (Å²) in [6.07, 6.45) is 9.03. The van der Waals surface area contributed by atoms with Crippen LogP contribution < -0.4 is 4.74 Å². The van der Waals surface area contributed by atoms with Crippen molar-refractivity contribution >= 4 is 0 Å². The van der Waals surface area contributed by atoms with Gasteiger partial charge in [0.15, 0.2) is 0 Å². The molecule has 0 N–H and O–H groups in total. The minimum atomic E-state index is 0.432. The van der Waals surface area contributed by atoms with E-state index in [4.69, 9.17) is 4.74 Å². The van der Waals surface area contributed by atoms with Crippen molar-refractivity contribution in [3.8, 4) is 5.75 Å². The summed E-state index contributed by atoms with van der Waals surface area (Å²) < 4.78 is 6.16. The Morgan fingerprint density at radius 1 is 0.864 bits per heavy atom. The second kappa shape index (κ2) is 7.49. The Balaban J connectivity index is 1.57. The minimum Gasteiger partial charge on any atom is -0.490 e. The van der Waals surface area contributed by atoms with E-state index >= 15 is 0 Å². The van der Waals surface area contributed by atoms with Crippen LogP contribution in [0.5, 0.6) is 5.75 Å². The van der Waals surface area contributed by atoms with Crippen molar-refractivity contribution in [3.05, 3.63) is 65.2 Å². The van der Waals surface area contributed by atoms with Crippen LogP contribution in [0.1, 0.15) is 48.8 Å². The van der Waals surface area contributed by atoms with E-state index in [1.165, 1.54) is 48.8 Å². The molecule has 1 aliphatic carbocycles. The molecule has 0 amide bonds. The Labute approximate surface area is 134 Å². The molecule has 22 heavy (non-hydrogen) atoms. The van der Waals surface area contributed by atoms with Gasteiger partial charge in [-0.1, -0.05) is 48.4 Å². The third-order valence-corrected chi connectivity index (χ3v) is 4.58. The lowest BCUT2D eigenvalue weighted by atomic mass is 9.97. The molecule has 116 valence electrons. The van der Waals surface area contributed by atoms with Gasteiger partial charge in [-0.3, -0.25) is 0 Å². The average Bonchev–Trinajstić information content (AvgIpc) is 2.56. The van der Waals surface area contributed by atoms with Gasteiger partial charge in [0.05, 0.1) is 6.10 Å². The molecule has 1 fully saturated rings. The lowest BCUT2D eigenvalue weighted by Crippen LogP contribution is -2.19. The molecule has 0 heterocycles. The summed E-state index contributed by atoms with van der Waals surface area (Å²) in [4.78, 5) is 0. The van der Waals surface area contributed by atoms with Gasteiger partial charge in [0.25, 0.3) is 0 Å². The fraction of sp³-hybridized carbons (Fsp3) is 0.429. The number of hydrogen-bond donors (Lipinski definition) is 0. The number of rotatable bonds is 5. The zero-order valence-corrected chi connectivity index (χ0v) is 13.6. The summed E-state index contributed by atoms with van der Waals surface area (Å²) in [6, 6.07) is 17.5. The van der Waals surface area contributed by atoms with Crippen LogP contribution in [-0.4, -0.2) is 6.10 Å². The zero-order chi connectivity index (χ0) is 15.2. The van der Waals surface area contributed by atoms with Crippen molar-refractivity contribution in [3.63, 3.8) is 0 Å². The fourth-order valence-electron chi connectivity index (χ4n) is 3.19. The Hall–Kier alpha value is -1.76. The number of benzene rings is 2. The Morgan fingerprint density at radius 3 is 2.36 bits per heavy atom. The first-order valence-corrected chi connectivity index (χ1v) is 8.61. The largest absolute Gasteiger partial charge is 0.490 e. The Bertz CT molecular complexity index is 579. The van der Waals surface area contributed by atoms with Crippen LogP contribution in [-0.2, 0) is 12.8 Å². The third-order valence-electron chi connectivity index (χ3n) is 4.58. The number of ether oxygens (including phenoxy) is 1. The topological polar surface area (TPSA) is 9.23 Å². The van der Waals surface area contributed by atoms with Gasteiger partial charge in [0, 0.05) is 0 Å². The van der Waals surface area contributed by atoms with E-state index in [1.807, 2.05) is 0 Å². The van der Waals surface area contributed by atoms with Gasteiger partial charge in [0.2, 0.25) is 0 Å². The van der Waals surface area contributed by atoms with Crippen molar-refractivity contribution in [2.75, 3.05) is 0 Å². The molecule has 1 aliphatic rings. The lowest BCUT2D eigenvalue weighted by molar-refractivity contribution is 0.155. The molecule has 0 aromatic heterocycles. The highest BCUT2D eigenvalue weighted by Crippen LogP contribution is 2.24. The highest BCUT2D eigenvalue weighted by Gasteiger charge is 2.14. The van der Waals surface area contributed by atoms with Crippen molar-refractivity contribution in [2.24, 2.45) is 0 Å². The smallest absolute Gasteiger partial charge is 0.119 e. The maximum atomic E-state index is 6.16. The van der Waals surface area contributed by atoms with Gasteiger partial charge in [-0.15, -0.1) is 0 Å². The van der Waals surface area contributed by atoms with Crippen molar-refractivity contribution in [1.82, 2.24) is 0 Å². The summed E-state index contributed by atoms with van der Waals surface area (Å²) >= 11 is 0. The highest BCUT2D eigenvalue weighted by molar-refractivity contribution is 5.30. The van der Waals surface area contributed by atoms with Crippen LogP contribution in [0.3, 0.4) is 0 Å². The van der Waals surface area contributed by atoms with Gasteiger partial charge in [-0.05, 0) is 68.7 Å². The molecule has 1 nitrogen and oxygen atoms in total. The average molecular weight is 294 g/mol. The second-order valence-electron chi connectivity index (χ2n) is 6.51. The van der Waals surface area contributed by atoms with E-state index in [0.29, 0.717) is 6.10 Å². The van der Waals surface area contributed by atoms with Crippen molar-refractivity contribution < 1.29 is 4.74 Å². The Kier molecular flexibility index (Phi) is 5.15. The molecular weight excluding hydrogens is 268 g/mol. The molecule has 0 saturated heterocycles. The zero-order valence-electron chi connectivity index (χ0n) is 13.6. The third kappa shape index (κ3) is 4.37. The van der Waals surface area contributed by atoms with E-state index in [-0.39, 0.29) is 0 Å². The van der Waals surface area contributed by atoms with Gasteiger partial charge >= 0.3 is 0 Å². The summed E-state index contributed by atoms with van der Waals surface area (Å²) in [5.41, 5.74) is 4.10. The molecule has 1 saturated carbocycles. The van der Waals surface area contributed by atoms with Crippen LogP contribution in [0, 0.1) is 6.92 Å². The maximum Gasteiger partial charge on any atom is 0.119 e. The highest BCUT2D eigenvalue weighted by atomic mass is 16.5. The van der Waals surface area contributed by atoms with E-state index in [0.717, 1.165) is 18.6 Å². The van der Waals surface area contributed by atoms with E-state index in [2.05, 4.69) is 55.5 Å². The predicted octanol–water partition coefficient (Wildman–Crippen LogP) is 5.49. The van der Waals surface area contributed by atoms with Gasteiger partial charge in [-0.25, -0.2) is 0 Å². The first-order valence-electron chi connectivity index (χ1n) is 8.61. The first kappa shape index (κ1) is 15.1. The Morgan fingerprint density at radius 2 is 1.59 bits per heavy atom. The van der Waals surface area contributed by atoms with E-state index < -0.39 is 0 Å². The van der Waals surface area contributed by atoms with Crippen molar-refractivity contribution in [1.29, 1.82) is 0 Å². The monoisotopic (exact) mass is 294 g/mol. The van der Waals surface area contributed by atoms with Crippen molar-refractivity contribution in [2.45, 2.75) is 58.0 Å². The van der Waals surface area contributed by atoms with E-state index in [1.54, 1.807) is 0 Å². The summed E-state index contributed by atoms with van der Waals surface area (Å²) in [5, 5.41) is 0. The maximum absolute atomic E-state index is 6.16. The molecule has 1 heteroatoms. The number of aryl methyl sites for hydroxylation is 3. The normalized spacial score (nSPS) is 15.7. The van der Waals surface area contributed by atoms with Crippen LogP contribution in [0.25, 0.3) is 0 Å². The SMILES string of the molecule is Cc1ccc(CCc2cccc(OC3CCCCC3)c2)cc1. The first-order chi connectivity index (χ1) is 10.8. The molecule has 0 unspecified atom stereocenters. The fourth-order valence-corrected chi connectivity index (χ4v) is 3.19. The molecule has 0 spiro atoms. The summed E-state index contributed by atoms with van der Waals surface area (Å²) in [5.74, 6) is 1.05. The van der Waals surface area contributed by atoms with Gasteiger partial charge in [-0.2, -0.15) is 0 Å². The molecule has 0 atom stereocenters. The minimum absolute atomic E-state index is 0.432. The van der Waals surface area contributed by atoms with Crippen LogP contribution in [0.2, 0.25) is 0 Å². The summed E-state index contributed by atoms with van der Waals surface area (Å²) in [7, 11) is 0. The van der Waals surface area contributed by atoms with Crippen LogP contribution in [0.4, 0.5) is 0 Å². The molecule has 3 rings (SSSR count). The lowest BCUT2D eigenvalue weighted by Gasteiger charge is -2.23. The standard InChI is InChI=1S/C21H26O/c1-17-10-12-18(13-11-17)14-15-19-6-5-9-21(16-19)22-20-7-3-2-4-8-20/h5-6,9-13,16,20H,2-4,7-8,14-15H2,1H3. The molecule has 0 aliphatic heterocycles. The quantitative estimate of drug-likeness (QED) is 0.708. The molecule has 2 aromatic carbocycles. The molecule has 2 aromatic rings.